The molecule has 1 spiro atoms. The maximum Gasteiger partial charge on any atom is 0.120 e. The van der Waals surface area contributed by atoms with Crippen molar-refractivity contribution < 1.29 is 4.74 Å². The van der Waals surface area contributed by atoms with Crippen LogP contribution < -0.4 is 14.5 Å². The van der Waals surface area contributed by atoms with E-state index in [1.165, 1.54) is 52.7 Å². The maximum atomic E-state index is 5.42. The van der Waals surface area contributed by atoms with Crippen molar-refractivity contribution in [3.05, 3.63) is 36.4 Å². The zero-order valence-electron chi connectivity index (χ0n) is 16.4. The van der Waals surface area contributed by atoms with E-state index in [9.17, 15) is 0 Å². The van der Waals surface area contributed by atoms with Crippen molar-refractivity contribution in [1.82, 2.24) is 4.90 Å². The number of fused-ring (bicyclic) bond motifs is 2. The number of ether oxygens (including phenoxy) is 1. The summed E-state index contributed by atoms with van der Waals surface area (Å²) in [7, 11) is 6.17. The molecule has 0 aromatic heterocycles. The highest BCUT2D eigenvalue weighted by Gasteiger charge is 2.44. The van der Waals surface area contributed by atoms with E-state index in [4.69, 9.17) is 4.74 Å². The SMILES string of the molecule is COc1ccc2c(c1)Sc1cc(N3CCC4(CC3)CCN4C)ccc1N2C. The fourth-order valence-corrected chi connectivity index (χ4v) is 5.96. The smallest absolute Gasteiger partial charge is 0.120 e. The van der Waals surface area contributed by atoms with Crippen LogP contribution in [-0.2, 0) is 0 Å². The summed E-state index contributed by atoms with van der Waals surface area (Å²) in [4.78, 5) is 10.0. The number of piperidine rings is 1. The highest BCUT2D eigenvalue weighted by Crippen LogP contribution is 2.50. The number of likely N-dealkylation sites (tertiary alicyclic amines) is 1. The van der Waals surface area contributed by atoms with E-state index < -0.39 is 0 Å². The van der Waals surface area contributed by atoms with E-state index in [-0.39, 0.29) is 0 Å². The van der Waals surface area contributed by atoms with Gasteiger partial charge in [0.15, 0.2) is 0 Å². The van der Waals surface area contributed by atoms with Gasteiger partial charge in [0.1, 0.15) is 5.75 Å². The van der Waals surface area contributed by atoms with E-state index in [2.05, 4.69) is 59.1 Å². The molecule has 5 heteroatoms. The molecule has 0 aliphatic carbocycles. The fourth-order valence-electron chi connectivity index (χ4n) is 4.75. The summed E-state index contributed by atoms with van der Waals surface area (Å²) in [6, 6.07) is 13.3. The van der Waals surface area contributed by atoms with Crippen LogP contribution >= 0.6 is 11.8 Å². The standard InChI is InChI=1S/C22H27N3OS/c1-23-11-8-22(23)9-12-25(13-10-22)16-4-6-18-20(14-16)27-21-15-17(26-3)5-7-19(21)24(18)2/h4-7,14-15H,8-13H2,1-3H3. The molecule has 142 valence electrons. The lowest BCUT2D eigenvalue weighted by Gasteiger charge is -2.55. The van der Waals surface area contributed by atoms with E-state index in [1.807, 2.05) is 17.8 Å². The van der Waals surface area contributed by atoms with Crippen molar-refractivity contribution in [3.8, 4) is 5.75 Å². The molecule has 2 fully saturated rings. The second kappa shape index (κ2) is 6.35. The molecule has 2 aromatic rings. The minimum atomic E-state index is 0.495. The van der Waals surface area contributed by atoms with Crippen LogP contribution in [0, 0.1) is 0 Å². The average Bonchev–Trinajstić information content (AvgIpc) is 2.72. The molecular weight excluding hydrogens is 354 g/mol. The molecule has 0 radical (unpaired) electrons. The number of benzene rings is 2. The summed E-state index contributed by atoms with van der Waals surface area (Å²) in [5, 5.41) is 0. The zero-order valence-corrected chi connectivity index (χ0v) is 17.2. The van der Waals surface area contributed by atoms with Gasteiger partial charge in [0.25, 0.3) is 0 Å². The first kappa shape index (κ1) is 17.3. The van der Waals surface area contributed by atoms with Crippen LogP contribution in [0.5, 0.6) is 5.75 Å². The Kier molecular flexibility index (Phi) is 4.06. The quantitative estimate of drug-likeness (QED) is 0.755. The minimum absolute atomic E-state index is 0.495. The van der Waals surface area contributed by atoms with Gasteiger partial charge in [0.05, 0.1) is 18.5 Å². The summed E-state index contributed by atoms with van der Waals surface area (Å²) in [5.74, 6) is 0.917. The molecule has 3 aliphatic heterocycles. The number of nitrogens with zero attached hydrogens (tertiary/aromatic N) is 3. The van der Waals surface area contributed by atoms with Gasteiger partial charge in [0, 0.05) is 47.7 Å². The minimum Gasteiger partial charge on any atom is -0.497 e. The zero-order chi connectivity index (χ0) is 18.6. The van der Waals surface area contributed by atoms with Crippen LogP contribution in [0.4, 0.5) is 17.1 Å². The van der Waals surface area contributed by atoms with Crippen molar-refractivity contribution in [3.63, 3.8) is 0 Å². The van der Waals surface area contributed by atoms with Gasteiger partial charge >= 0.3 is 0 Å². The average molecular weight is 382 g/mol. The maximum absolute atomic E-state index is 5.42. The second-order valence-electron chi connectivity index (χ2n) is 8.03. The Balaban J connectivity index is 1.39. The van der Waals surface area contributed by atoms with Crippen LogP contribution in [0.1, 0.15) is 19.3 Å². The summed E-state index contributed by atoms with van der Waals surface area (Å²) < 4.78 is 5.42. The lowest BCUT2D eigenvalue weighted by atomic mass is 9.77. The van der Waals surface area contributed by atoms with Gasteiger partial charge in [-0.2, -0.15) is 0 Å². The first-order valence-corrected chi connectivity index (χ1v) is 10.6. The molecular formula is C22H27N3OS. The molecule has 0 saturated carbocycles. The van der Waals surface area contributed by atoms with Crippen molar-refractivity contribution in [1.29, 1.82) is 0 Å². The van der Waals surface area contributed by atoms with Gasteiger partial charge < -0.3 is 19.4 Å². The Hall–Kier alpha value is -1.85. The van der Waals surface area contributed by atoms with Crippen LogP contribution in [0.3, 0.4) is 0 Å². The van der Waals surface area contributed by atoms with E-state index in [1.54, 1.807) is 7.11 Å². The Bertz CT molecular complexity index is 876. The van der Waals surface area contributed by atoms with Gasteiger partial charge in [-0.15, -0.1) is 0 Å². The van der Waals surface area contributed by atoms with Crippen molar-refractivity contribution in [2.75, 3.05) is 50.6 Å². The van der Waals surface area contributed by atoms with Crippen LogP contribution in [0.2, 0.25) is 0 Å². The summed E-state index contributed by atoms with van der Waals surface area (Å²) in [6.45, 7) is 3.59. The second-order valence-corrected chi connectivity index (χ2v) is 9.11. The molecule has 2 aromatic carbocycles. The van der Waals surface area contributed by atoms with Crippen molar-refractivity contribution in [2.24, 2.45) is 0 Å². The van der Waals surface area contributed by atoms with Gasteiger partial charge in [-0.3, -0.25) is 0 Å². The Morgan fingerprint density at radius 3 is 2.19 bits per heavy atom. The number of anilines is 3. The topological polar surface area (TPSA) is 19.0 Å². The van der Waals surface area contributed by atoms with Gasteiger partial charge in [-0.25, -0.2) is 0 Å². The lowest BCUT2D eigenvalue weighted by Crippen LogP contribution is -2.62. The summed E-state index contributed by atoms with van der Waals surface area (Å²) in [6.07, 6.45) is 3.95. The van der Waals surface area contributed by atoms with Crippen LogP contribution in [-0.4, -0.2) is 51.3 Å². The molecule has 0 N–H and O–H groups in total. The van der Waals surface area contributed by atoms with Gasteiger partial charge in [0.2, 0.25) is 0 Å². The van der Waals surface area contributed by atoms with Crippen molar-refractivity contribution in [2.45, 2.75) is 34.6 Å². The number of hydrogen-bond acceptors (Lipinski definition) is 5. The first-order valence-electron chi connectivity index (χ1n) is 9.79. The Labute approximate surface area is 166 Å². The molecule has 3 aliphatic rings. The molecule has 2 saturated heterocycles. The highest BCUT2D eigenvalue weighted by molar-refractivity contribution is 7.99. The van der Waals surface area contributed by atoms with Crippen molar-refractivity contribution >= 4 is 28.8 Å². The molecule has 27 heavy (non-hydrogen) atoms. The summed E-state index contributed by atoms with van der Waals surface area (Å²) in [5.41, 5.74) is 4.38. The monoisotopic (exact) mass is 381 g/mol. The molecule has 0 bridgehead atoms. The predicted octanol–water partition coefficient (Wildman–Crippen LogP) is 4.60. The van der Waals surface area contributed by atoms with Crippen LogP contribution in [0.15, 0.2) is 46.2 Å². The third-order valence-corrected chi connectivity index (χ3v) is 7.93. The lowest BCUT2D eigenvalue weighted by molar-refractivity contribution is -0.00915. The van der Waals surface area contributed by atoms with E-state index >= 15 is 0 Å². The number of methoxy groups -OCH3 is 1. The molecule has 4 nitrogen and oxygen atoms in total. The molecule has 0 unspecified atom stereocenters. The Morgan fingerprint density at radius 1 is 0.889 bits per heavy atom. The molecule has 3 heterocycles. The highest BCUT2D eigenvalue weighted by atomic mass is 32.2. The summed E-state index contributed by atoms with van der Waals surface area (Å²) >= 11 is 1.85. The van der Waals surface area contributed by atoms with E-state index in [0.717, 1.165) is 18.8 Å². The van der Waals surface area contributed by atoms with Gasteiger partial charge in [-0.1, -0.05) is 11.8 Å². The first-order chi connectivity index (χ1) is 13.1. The molecule has 0 atom stereocenters. The third-order valence-electron chi connectivity index (χ3n) is 6.83. The van der Waals surface area contributed by atoms with Gasteiger partial charge in [-0.05, 0) is 62.7 Å². The van der Waals surface area contributed by atoms with E-state index in [0.29, 0.717) is 5.54 Å². The largest absolute Gasteiger partial charge is 0.497 e. The van der Waals surface area contributed by atoms with Crippen LogP contribution in [0.25, 0.3) is 0 Å². The number of rotatable bonds is 2. The predicted molar refractivity (Wildman–Crippen MR) is 113 cm³/mol. The fraction of sp³-hybridized carbons (Fsp3) is 0.455. The molecule has 0 amide bonds. The molecule has 5 rings (SSSR count). The Morgan fingerprint density at radius 2 is 1.56 bits per heavy atom. The number of hydrogen-bond donors (Lipinski definition) is 0. The third kappa shape index (κ3) is 2.71. The normalized spacial score (nSPS) is 20.9.